The molecule has 0 aliphatic heterocycles. The van der Waals surface area contributed by atoms with Gasteiger partial charge < -0.3 is 0 Å². The highest BCUT2D eigenvalue weighted by atomic mass is 16.2. The van der Waals surface area contributed by atoms with Crippen molar-refractivity contribution in [2.24, 2.45) is 0 Å². The van der Waals surface area contributed by atoms with Gasteiger partial charge in [0.15, 0.2) is 5.69 Å². The highest BCUT2D eigenvalue weighted by Crippen LogP contribution is 2.23. The number of amides is 1. The van der Waals surface area contributed by atoms with Gasteiger partial charge >= 0.3 is 0 Å². The van der Waals surface area contributed by atoms with Crippen LogP contribution in [0.2, 0.25) is 0 Å². The van der Waals surface area contributed by atoms with Crippen LogP contribution in [0.5, 0.6) is 0 Å². The fourth-order valence-electron chi connectivity index (χ4n) is 3.31. The number of para-hydroxylation sites is 2. The lowest BCUT2D eigenvalue weighted by molar-refractivity contribution is 0.0948. The minimum absolute atomic E-state index is 0.173. The molecule has 150 valence electrons. The van der Waals surface area contributed by atoms with Gasteiger partial charge in [0, 0.05) is 5.39 Å². The summed E-state index contributed by atoms with van der Waals surface area (Å²) in [7, 11) is 0. The Morgan fingerprint density at radius 2 is 1.33 bits per heavy atom. The Hall–Kier alpha value is -3.93. The number of rotatable bonds is 5. The van der Waals surface area contributed by atoms with Gasteiger partial charge in [0.1, 0.15) is 0 Å². The molecule has 0 radical (unpaired) electrons. The SMILES string of the molecule is CC(C)n1nc(C(=O)NN(c2ccccc2)c2ccccc2)c2ccccc2c1=O. The van der Waals surface area contributed by atoms with Crippen LogP contribution < -0.4 is 16.0 Å². The molecule has 0 bridgehead atoms. The molecule has 4 aromatic rings. The first-order valence-electron chi connectivity index (χ1n) is 9.79. The quantitative estimate of drug-likeness (QED) is 0.504. The van der Waals surface area contributed by atoms with Crippen molar-refractivity contribution in [3.63, 3.8) is 0 Å². The predicted molar refractivity (Wildman–Crippen MR) is 119 cm³/mol. The normalized spacial score (nSPS) is 10.9. The van der Waals surface area contributed by atoms with Crippen molar-refractivity contribution >= 4 is 28.1 Å². The molecule has 1 N–H and O–H groups in total. The third kappa shape index (κ3) is 3.67. The first-order chi connectivity index (χ1) is 14.6. The summed E-state index contributed by atoms with van der Waals surface area (Å²) in [5.74, 6) is -0.395. The summed E-state index contributed by atoms with van der Waals surface area (Å²) in [6.07, 6.45) is 0. The van der Waals surface area contributed by atoms with Crippen molar-refractivity contribution < 1.29 is 4.79 Å². The van der Waals surface area contributed by atoms with Crippen LogP contribution in [0.4, 0.5) is 11.4 Å². The molecule has 0 saturated carbocycles. The van der Waals surface area contributed by atoms with Crippen LogP contribution in [-0.4, -0.2) is 15.7 Å². The van der Waals surface area contributed by atoms with E-state index in [2.05, 4.69) is 10.5 Å². The number of aromatic nitrogens is 2. The Morgan fingerprint density at radius 3 is 1.87 bits per heavy atom. The number of hydrogen-bond acceptors (Lipinski definition) is 4. The lowest BCUT2D eigenvalue weighted by atomic mass is 10.1. The zero-order valence-corrected chi connectivity index (χ0v) is 16.8. The first kappa shape index (κ1) is 19.4. The molecular formula is C24H22N4O2. The van der Waals surface area contributed by atoms with Gasteiger partial charge in [0.05, 0.1) is 22.8 Å². The van der Waals surface area contributed by atoms with Crippen molar-refractivity contribution in [2.45, 2.75) is 19.9 Å². The zero-order chi connectivity index (χ0) is 21.1. The van der Waals surface area contributed by atoms with E-state index in [-0.39, 0.29) is 17.3 Å². The predicted octanol–water partition coefficient (Wildman–Crippen LogP) is 4.46. The molecule has 0 aliphatic rings. The first-order valence-corrected chi connectivity index (χ1v) is 9.79. The monoisotopic (exact) mass is 398 g/mol. The Morgan fingerprint density at radius 1 is 0.833 bits per heavy atom. The number of anilines is 2. The van der Waals surface area contributed by atoms with E-state index < -0.39 is 5.91 Å². The van der Waals surface area contributed by atoms with Crippen LogP contribution in [0.1, 0.15) is 30.4 Å². The molecule has 0 fully saturated rings. The van der Waals surface area contributed by atoms with Gasteiger partial charge in [-0.15, -0.1) is 0 Å². The lowest BCUT2D eigenvalue weighted by Crippen LogP contribution is -2.40. The second kappa shape index (κ2) is 8.21. The van der Waals surface area contributed by atoms with E-state index in [0.29, 0.717) is 10.8 Å². The van der Waals surface area contributed by atoms with Crippen LogP contribution in [0.3, 0.4) is 0 Å². The fraction of sp³-hybridized carbons (Fsp3) is 0.125. The van der Waals surface area contributed by atoms with Crippen molar-refractivity contribution in [2.75, 3.05) is 5.01 Å². The molecular weight excluding hydrogens is 376 g/mol. The lowest BCUT2D eigenvalue weighted by Gasteiger charge is -2.25. The molecule has 6 heteroatoms. The molecule has 3 aromatic carbocycles. The van der Waals surface area contributed by atoms with Crippen molar-refractivity contribution in [3.05, 3.63) is 101 Å². The van der Waals surface area contributed by atoms with Gasteiger partial charge in [-0.2, -0.15) is 5.10 Å². The van der Waals surface area contributed by atoms with E-state index in [0.717, 1.165) is 11.4 Å². The average molecular weight is 398 g/mol. The van der Waals surface area contributed by atoms with E-state index in [1.54, 1.807) is 29.3 Å². The van der Waals surface area contributed by atoms with Crippen molar-refractivity contribution in [1.29, 1.82) is 0 Å². The Bertz CT molecular complexity index is 1200. The molecule has 0 spiro atoms. The minimum atomic E-state index is -0.395. The maximum Gasteiger partial charge on any atom is 0.291 e. The summed E-state index contributed by atoms with van der Waals surface area (Å²) >= 11 is 0. The van der Waals surface area contributed by atoms with Crippen LogP contribution >= 0.6 is 0 Å². The van der Waals surface area contributed by atoms with Crippen LogP contribution in [0.25, 0.3) is 10.8 Å². The zero-order valence-electron chi connectivity index (χ0n) is 16.8. The van der Waals surface area contributed by atoms with Gasteiger partial charge in [-0.05, 0) is 44.2 Å². The van der Waals surface area contributed by atoms with Crippen LogP contribution in [-0.2, 0) is 0 Å². The van der Waals surface area contributed by atoms with Crippen LogP contribution in [0, 0.1) is 0 Å². The second-order valence-electron chi connectivity index (χ2n) is 7.19. The maximum absolute atomic E-state index is 13.4. The van der Waals surface area contributed by atoms with Gasteiger partial charge in [-0.3, -0.25) is 20.0 Å². The fourth-order valence-corrected chi connectivity index (χ4v) is 3.31. The third-order valence-electron chi connectivity index (χ3n) is 4.77. The molecule has 6 nitrogen and oxygen atoms in total. The molecule has 0 saturated heterocycles. The average Bonchev–Trinajstić information content (AvgIpc) is 2.78. The summed E-state index contributed by atoms with van der Waals surface area (Å²) in [6.45, 7) is 3.73. The van der Waals surface area contributed by atoms with E-state index >= 15 is 0 Å². The number of nitrogens with zero attached hydrogens (tertiary/aromatic N) is 3. The van der Waals surface area contributed by atoms with E-state index in [1.807, 2.05) is 74.5 Å². The number of nitrogens with one attached hydrogen (secondary N) is 1. The Labute approximate surface area is 174 Å². The molecule has 30 heavy (non-hydrogen) atoms. The smallest absolute Gasteiger partial charge is 0.267 e. The van der Waals surface area contributed by atoms with Crippen molar-refractivity contribution in [3.8, 4) is 0 Å². The summed E-state index contributed by atoms with van der Waals surface area (Å²) < 4.78 is 1.35. The number of benzene rings is 3. The molecule has 0 aliphatic carbocycles. The summed E-state index contributed by atoms with van der Waals surface area (Å²) in [5, 5.41) is 7.11. The molecule has 0 atom stereocenters. The van der Waals surface area contributed by atoms with Gasteiger partial charge in [-0.1, -0.05) is 54.6 Å². The van der Waals surface area contributed by atoms with Crippen LogP contribution in [0.15, 0.2) is 89.7 Å². The topological polar surface area (TPSA) is 67.2 Å². The summed E-state index contributed by atoms with van der Waals surface area (Å²) in [5.41, 5.74) is 4.56. The van der Waals surface area contributed by atoms with Crippen molar-refractivity contribution in [1.82, 2.24) is 15.2 Å². The number of carbonyl (C=O) groups excluding carboxylic acids is 1. The Kier molecular flexibility index (Phi) is 5.30. The van der Waals surface area contributed by atoms with Gasteiger partial charge in [0.2, 0.25) is 0 Å². The molecule has 4 rings (SSSR count). The number of fused-ring (bicyclic) bond motifs is 1. The van der Waals surface area contributed by atoms with E-state index in [4.69, 9.17) is 0 Å². The highest BCUT2D eigenvalue weighted by molar-refractivity contribution is 6.05. The van der Waals surface area contributed by atoms with Gasteiger partial charge in [-0.25, -0.2) is 4.68 Å². The second-order valence-corrected chi connectivity index (χ2v) is 7.19. The largest absolute Gasteiger partial charge is 0.291 e. The number of hydrogen-bond donors (Lipinski definition) is 1. The van der Waals surface area contributed by atoms with E-state index in [9.17, 15) is 9.59 Å². The summed E-state index contributed by atoms with van der Waals surface area (Å²) in [6, 6.07) is 26.0. The maximum atomic E-state index is 13.4. The molecule has 1 amide bonds. The molecule has 1 heterocycles. The Balaban J connectivity index is 1.81. The highest BCUT2D eigenvalue weighted by Gasteiger charge is 2.20. The standard InChI is InChI=1S/C24H22N4O2/c1-17(2)27-24(30)21-16-10-9-15-20(21)22(25-27)23(29)26-28(18-11-5-3-6-12-18)19-13-7-4-8-14-19/h3-17H,1-2H3,(H,26,29). The number of hydrazine groups is 1. The van der Waals surface area contributed by atoms with Gasteiger partial charge in [0.25, 0.3) is 11.5 Å². The third-order valence-corrected chi connectivity index (χ3v) is 4.77. The number of carbonyl (C=O) groups is 1. The van der Waals surface area contributed by atoms with E-state index in [1.165, 1.54) is 4.68 Å². The summed E-state index contributed by atoms with van der Waals surface area (Å²) in [4.78, 5) is 26.1. The minimum Gasteiger partial charge on any atom is -0.267 e. The molecule has 1 aromatic heterocycles. The molecule has 0 unspecified atom stereocenters.